The van der Waals surface area contributed by atoms with Crippen LogP contribution in [-0.2, 0) is 6.61 Å². The maximum absolute atomic E-state index is 11.3. The molecule has 0 bridgehead atoms. The Kier molecular flexibility index (Phi) is 4.41. The average molecular weight is 365 g/mol. The molecule has 4 aromatic rings. The molecule has 26 heavy (non-hydrogen) atoms. The summed E-state index contributed by atoms with van der Waals surface area (Å²) in [5.74, 6) is 1.43. The van der Waals surface area contributed by atoms with E-state index in [0.29, 0.717) is 17.9 Å². The van der Waals surface area contributed by atoms with Crippen LogP contribution in [0.25, 0.3) is 21.5 Å². The average Bonchev–Trinajstić information content (AvgIpc) is 3.15. The van der Waals surface area contributed by atoms with E-state index in [-0.39, 0.29) is 5.63 Å². The molecule has 0 atom stereocenters. The lowest BCUT2D eigenvalue weighted by atomic mass is 10.2. The molecule has 0 fully saturated rings. The van der Waals surface area contributed by atoms with Crippen LogP contribution < -0.4 is 15.1 Å². The van der Waals surface area contributed by atoms with Crippen LogP contribution in [0.2, 0.25) is 0 Å². The quantitative estimate of drug-likeness (QED) is 0.487. The first-order valence-electron chi connectivity index (χ1n) is 7.97. The molecular formula is C20H15NO4S. The Balaban J connectivity index is 1.50. The number of methoxy groups -OCH3 is 1. The molecule has 5 nitrogen and oxygen atoms in total. The maximum Gasteiger partial charge on any atom is 0.336 e. The van der Waals surface area contributed by atoms with Crippen LogP contribution >= 0.6 is 11.3 Å². The van der Waals surface area contributed by atoms with Crippen molar-refractivity contribution < 1.29 is 13.9 Å². The van der Waals surface area contributed by atoms with Crippen molar-refractivity contribution in [2.45, 2.75) is 6.61 Å². The minimum atomic E-state index is -0.378. The molecule has 2 aromatic heterocycles. The predicted octanol–water partition coefficient (Wildman–Crippen LogP) is 4.50. The smallest absolute Gasteiger partial charge is 0.336 e. The maximum atomic E-state index is 11.3. The number of benzene rings is 2. The van der Waals surface area contributed by atoms with Gasteiger partial charge in [0.05, 0.1) is 12.8 Å². The fourth-order valence-corrected chi connectivity index (χ4v) is 3.35. The van der Waals surface area contributed by atoms with Gasteiger partial charge in [0.15, 0.2) is 0 Å². The van der Waals surface area contributed by atoms with Crippen LogP contribution in [0.15, 0.2) is 69.2 Å². The van der Waals surface area contributed by atoms with Gasteiger partial charge in [-0.2, -0.15) is 0 Å². The van der Waals surface area contributed by atoms with E-state index in [4.69, 9.17) is 13.9 Å². The van der Waals surface area contributed by atoms with Gasteiger partial charge < -0.3 is 13.9 Å². The van der Waals surface area contributed by atoms with E-state index in [2.05, 4.69) is 4.98 Å². The Morgan fingerprint density at radius 3 is 2.85 bits per heavy atom. The van der Waals surface area contributed by atoms with Crippen molar-refractivity contribution in [3.8, 4) is 22.1 Å². The second-order valence-electron chi connectivity index (χ2n) is 5.62. The van der Waals surface area contributed by atoms with E-state index in [1.807, 2.05) is 41.8 Å². The van der Waals surface area contributed by atoms with Crippen molar-refractivity contribution in [2.24, 2.45) is 0 Å². The third-order valence-electron chi connectivity index (χ3n) is 3.85. The molecule has 2 heterocycles. The zero-order valence-electron chi connectivity index (χ0n) is 14.0. The fourth-order valence-electron chi connectivity index (χ4n) is 2.55. The van der Waals surface area contributed by atoms with Crippen molar-refractivity contribution >= 4 is 22.3 Å². The van der Waals surface area contributed by atoms with Gasteiger partial charge in [0.1, 0.15) is 28.7 Å². The van der Waals surface area contributed by atoms with E-state index in [9.17, 15) is 4.79 Å². The molecule has 0 aliphatic heterocycles. The molecule has 0 amide bonds. The van der Waals surface area contributed by atoms with E-state index in [0.717, 1.165) is 27.4 Å². The summed E-state index contributed by atoms with van der Waals surface area (Å²) in [7, 11) is 1.64. The highest BCUT2D eigenvalue weighted by Crippen LogP contribution is 2.27. The summed E-state index contributed by atoms with van der Waals surface area (Å²) >= 11 is 1.55. The first-order valence-corrected chi connectivity index (χ1v) is 8.85. The monoisotopic (exact) mass is 365 g/mol. The molecule has 0 aliphatic rings. The molecule has 0 spiro atoms. The molecule has 0 radical (unpaired) electrons. The van der Waals surface area contributed by atoms with Gasteiger partial charge in [-0.05, 0) is 30.3 Å². The number of aromatic nitrogens is 1. The van der Waals surface area contributed by atoms with Crippen molar-refractivity contribution in [2.75, 3.05) is 7.11 Å². The predicted molar refractivity (Wildman–Crippen MR) is 101 cm³/mol. The number of hydrogen-bond donors (Lipinski definition) is 0. The summed E-state index contributed by atoms with van der Waals surface area (Å²) in [4.78, 5) is 15.9. The molecular weight excluding hydrogens is 350 g/mol. The lowest BCUT2D eigenvalue weighted by Gasteiger charge is -2.05. The van der Waals surface area contributed by atoms with Gasteiger partial charge in [-0.1, -0.05) is 12.1 Å². The topological polar surface area (TPSA) is 61.6 Å². The van der Waals surface area contributed by atoms with Gasteiger partial charge >= 0.3 is 5.63 Å². The zero-order chi connectivity index (χ0) is 17.9. The number of rotatable bonds is 5. The van der Waals surface area contributed by atoms with Gasteiger partial charge in [-0.25, -0.2) is 9.78 Å². The first kappa shape index (κ1) is 16.4. The Bertz CT molecular complexity index is 1120. The van der Waals surface area contributed by atoms with Crippen molar-refractivity contribution in [1.82, 2.24) is 4.98 Å². The Labute approximate surface area is 153 Å². The SMILES string of the molecule is COc1cccc(-c2nc(COc3ccc4ccc(=O)oc4c3)cs2)c1. The standard InChI is InChI=1S/C20H15NO4S/c1-23-16-4-2-3-14(9-16)20-21-15(12-26-20)11-24-17-7-5-13-6-8-19(22)25-18(13)10-17/h2-10,12H,11H2,1H3. The minimum absolute atomic E-state index is 0.336. The lowest BCUT2D eigenvalue weighted by molar-refractivity contribution is 0.302. The molecule has 0 aliphatic carbocycles. The van der Waals surface area contributed by atoms with Crippen LogP contribution in [0.1, 0.15) is 5.69 Å². The number of fused-ring (bicyclic) bond motifs is 1. The molecule has 0 saturated heterocycles. The van der Waals surface area contributed by atoms with E-state index in [1.54, 1.807) is 30.6 Å². The summed E-state index contributed by atoms with van der Waals surface area (Å²) < 4.78 is 16.2. The van der Waals surface area contributed by atoms with Gasteiger partial charge in [0, 0.05) is 28.5 Å². The number of hydrogen-bond acceptors (Lipinski definition) is 6. The zero-order valence-corrected chi connectivity index (χ0v) is 14.8. The van der Waals surface area contributed by atoms with Crippen LogP contribution in [0.5, 0.6) is 11.5 Å². The second kappa shape index (κ2) is 7.01. The molecule has 0 saturated carbocycles. The van der Waals surface area contributed by atoms with Crippen LogP contribution in [0.4, 0.5) is 0 Å². The van der Waals surface area contributed by atoms with Crippen LogP contribution in [0.3, 0.4) is 0 Å². The van der Waals surface area contributed by atoms with E-state index in [1.165, 1.54) is 6.07 Å². The second-order valence-corrected chi connectivity index (χ2v) is 6.48. The van der Waals surface area contributed by atoms with Crippen LogP contribution in [-0.4, -0.2) is 12.1 Å². The van der Waals surface area contributed by atoms with Gasteiger partial charge in [-0.15, -0.1) is 11.3 Å². The molecule has 2 aromatic carbocycles. The fraction of sp³-hybridized carbons (Fsp3) is 0.100. The Morgan fingerprint density at radius 2 is 1.96 bits per heavy atom. The summed E-state index contributed by atoms with van der Waals surface area (Å²) in [6, 6.07) is 16.3. The Hall–Kier alpha value is -3.12. The van der Waals surface area contributed by atoms with Gasteiger partial charge in [0.25, 0.3) is 0 Å². The van der Waals surface area contributed by atoms with Gasteiger partial charge in [-0.3, -0.25) is 0 Å². The third kappa shape index (κ3) is 3.45. The van der Waals surface area contributed by atoms with Crippen molar-refractivity contribution in [1.29, 1.82) is 0 Å². The number of ether oxygens (including phenoxy) is 2. The summed E-state index contributed by atoms with van der Waals surface area (Å²) in [5, 5.41) is 3.73. The molecule has 0 unspecified atom stereocenters. The molecule has 4 rings (SSSR count). The summed E-state index contributed by atoms with van der Waals surface area (Å²) in [6.07, 6.45) is 0. The third-order valence-corrected chi connectivity index (χ3v) is 4.79. The highest BCUT2D eigenvalue weighted by atomic mass is 32.1. The van der Waals surface area contributed by atoms with E-state index >= 15 is 0 Å². The number of thiazole rings is 1. The Morgan fingerprint density at radius 1 is 1.08 bits per heavy atom. The van der Waals surface area contributed by atoms with Crippen molar-refractivity contribution in [3.05, 3.63) is 76.1 Å². The van der Waals surface area contributed by atoms with Crippen molar-refractivity contribution in [3.63, 3.8) is 0 Å². The van der Waals surface area contributed by atoms with Gasteiger partial charge in [0.2, 0.25) is 0 Å². The molecule has 130 valence electrons. The summed E-state index contributed by atoms with van der Waals surface area (Å²) in [5.41, 5.74) is 1.97. The highest BCUT2D eigenvalue weighted by molar-refractivity contribution is 7.13. The first-order chi connectivity index (χ1) is 12.7. The normalized spacial score (nSPS) is 10.8. The lowest BCUT2D eigenvalue weighted by Crippen LogP contribution is -1.97. The van der Waals surface area contributed by atoms with Crippen LogP contribution in [0, 0.1) is 0 Å². The molecule has 6 heteroatoms. The minimum Gasteiger partial charge on any atom is -0.497 e. The largest absolute Gasteiger partial charge is 0.497 e. The summed E-state index contributed by atoms with van der Waals surface area (Å²) in [6.45, 7) is 0.336. The van der Waals surface area contributed by atoms with E-state index < -0.39 is 0 Å². The molecule has 0 N–H and O–H groups in total. The number of nitrogens with zero attached hydrogens (tertiary/aromatic N) is 1. The highest BCUT2D eigenvalue weighted by Gasteiger charge is 2.07.